The van der Waals surface area contributed by atoms with Gasteiger partial charge in [-0.15, -0.1) is 0 Å². The number of hydrazine groups is 1. The number of aryl methyl sites for hydroxylation is 1. The van der Waals surface area contributed by atoms with Gasteiger partial charge in [-0.05, 0) is 67.2 Å². The van der Waals surface area contributed by atoms with Crippen LogP contribution < -0.4 is 11.3 Å². The number of hydrogen-bond acceptors (Lipinski definition) is 2. The molecule has 0 saturated heterocycles. The summed E-state index contributed by atoms with van der Waals surface area (Å²) in [5.74, 6) is 7.82. The van der Waals surface area contributed by atoms with Crippen LogP contribution in [0.5, 0.6) is 0 Å². The van der Waals surface area contributed by atoms with E-state index < -0.39 is 0 Å². The van der Waals surface area contributed by atoms with Gasteiger partial charge >= 0.3 is 0 Å². The topological polar surface area (TPSA) is 38.0 Å². The van der Waals surface area contributed by atoms with E-state index in [0.29, 0.717) is 5.92 Å². The number of fused-ring (bicyclic) bond motifs is 2. The van der Waals surface area contributed by atoms with Crippen LogP contribution in [0.25, 0.3) is 0 Å². The first kappa shape index (κ1) is 12.1. The maximum atomic E-state index is 13.5. The van der Waals surface area contributed by atoms with Crippen LogP contribution in [0.1, 0.15) is 42.9 Å². The van der Waals surface area contributed by atoms with Gasteiger partial charge in [0.05, 0.1) is 0 Å². The molecule has 2 aliphatic rings. The van der Waals surface area contributed by atoms with Crippen molar-refractivity contribution in [1.82, 2.24) is 5.43 Å². The number of benzene rings is 1. The fraction of sp³-hybridized carbons (Fsp3) is 0.600. The average Bonchev–Trinajstić information content (AvgIpc) is 2.90. The molecular formula is C15H21FN2. The highest BCUT2D eigenvalue weighted by Crippen LogP contribution is 2.52. The summed E-state index contributed by atoms with van der Waals surface area (Å²) in [5.41, 5.74) is 4.91. The molecular weight excluding hydrogens is 227 g/mol. The van der Waals surface area contributed by atoms with E-state index in [9.17, 15) is 4.39 Å². The molecule has 2 fully saturated rings. The molecule has 3 N–H and O–H groups in total. The SMILES string of the molecule is Cc1cc(F)cc(C(NN)C2CC3CCC2C3)c1. The van der Waals surface area contributed by atoms with Crippen molar-refractivity contribution < 1.29 is 4.39 Å². The molecule has 0 aromatic heterocycles. The Labute approximate surface area is 108 Å². The van der Waals surface area contributed by atoms with Gasteiger partial charge in [0.1, 0.15) is 5.82 Å². The molecule has 4 atom stereocenters. The molecule has 1 aromatic rings. The lowest BCUT2D eigenvalue weighted by atomic mass is 9.80. The van der Waals surface area contributed by atoms with Crippen molar-refractivity contribution in [3.8, 4) is 0 Å². The lowest BCUT2D eigenvalue weighted by Gasteiger charge is -2.30. The van der Waals surface area contributed by atoms with E-state index in [-0.39, 0.29) is 11.9 Å². The van der Waals surface area contributed by atoms with Gasteiger partial charge in [-0.2, -0.15) is 0 Å². The van der Waals surface area contributed by atoms with Crippen LogP contribution in [0.2, 0.25) is 0 Å². The zero-order chi connectivity index (χ0) is 12.7. The van der Waals surface area contributed by atoms with Crippen LogP contribution in [0.4, 0.5) is 4.39 Å². The fourth-order valence-electron chi connectivity index (χ4n) is 4.11. The van der Waals surface area contributed by atoms with Crippen molar-refractivity contribution in [2.75, 3.05) is 0 Å². The van der Waals surface area contributed by atoms with Crippen LogP contribution in [0, 0.1) is 30.5 Å². The second kappa shape index (κ2) is 4.63. The van der Waals surface area contributed by atoms with Crippen molar-refractivity contribution in [2.45, 2.75) is 38.6 Å². The number of nitrogens with one attached hydrogen (secondary N) is 1. The highest BCUT2D eigenvalue weighted by atomic mass is 19.1. The molecule has 0 spiro atoms. The summed E-state index contributed by atoms with van der Waals surface area (Å²) >= 11 is 0. The predicted molar refractivity (Wildman–Crippen MR) is 70.1 cm³/mol. The normalized spacial score (nSPS) is 31.8. The van der Waals surface area contributed by atoms with E-state index in [1.165, 1.54) is 25.7 Å². The lowest BCUT2D eigenvalue weighted by Crippen LogP contribution is -2.36. The van der Waals surface area contributed by atoms with Gasteiger partial charge in [-0.1, -0.05) is 12.5 Å². The first-order valence-corrected chi connectivity index (χ1v) is 6.90. The van der Waals surface area contributed by atoms with Gasteiger partial charge in [0.2, 0.25) is 0 Å². The third-order valence-electron chi connectivity index (χ3n) is 4.82. The van der Waals surface area contributed by atoms with E-state index in [4.69, 9.17) is 5.84 Å². The zero-order valence-corrected chi connectivity index (χ0v) is 10.8. The summed E-state index contributed by atoms with van der Waals surface area (Å²) in [6, 6.07) is 5.36. The second-order valence-electron chi connectivity index (χ2n) is 6.04. The van der Waals surface area contributed by atoms with Crippen LogP contribution in [-0.2, 0) is 0 Å². The molecule has 1 aromatic carbocycles. The quantitative estimate of drug-likeness (QED) is 0.637. The van der Waals surface area contributed by atoms with Gasteiger partial charge in [0.15, 0.2) is 0 Å². The van der Waals surface area contributed by atoms with E-state index in [2.05, 4.69) is 11.5 Å². The monoisotopic (exact) mass is 248 g/mol. The number of halogens is 1. The lowest BCUT2D eigenvalue weighted by molar-refractivity contribution is 0.251. The van der Waals surface area contributed by atoms with Crippen molar-refractivity contribution >= 4 is 0 Å². The molecule has 98 valence electrons. The Kier molecular flexibility index (Phi) is 3.12. The van der Waals surface area contributed by atoms with Crippen molar-refractivity contribution in [3.63, 3.8) is 0 Å². The van der Waals surface area contributed by atoms with Gasteiger partial charge in [0.25, 0.3) is 0 Å². The van der Waals surface area contributed by atoms with E-state index in [1.807, 2.05) is 6.92 Å². The molecule has 2 nitrogen and oxygen atoms in total. The van der Waals surface area contributed by atoms with Crippen LogP contribution in [-0.4, -0.2) is 0 Å². The minimum atomic E-state index is -0.159. The average molecular weight is 248 g/mol. The van der Waals surface area contributed by atoms with E-state index >= 15 is 0 Å². The van der Waals surface area contributed by atoms with Crippen molar-refractivity contribution in [3.05, 3.63) is 35.1 Å². The smallest absolute Gasteiger partial charge is 0.123 e. The van der Waals surface area contributed by atoms with Crippen LogP contribution >= 0.6 is 0 Å². The summed E-state index contributed by atoms with van der Waals surface area (Å²) in [4.78, 5) is 0. The number of nitrogens with two attached hydrogens (primary N) is 1. The largest absolute Gasteiger partial charge is 0.271 e. The summed E-state index contributed by atoms with van der Waals surface area (Å²) in [7, 11) is 0. The van der Waals surface area contributed by atoms with Gasteiger partial charge in [-0.3, -0.25) is 11.3 Å². The Morgan fingerprint density at radius 3 is 2.67 bits per heavy atom. The summed E-state index contributed by atoms with van der Waals surface area (Å²) in [6.45, 7) is 1.93. The first-order chi connectivity index (χ1) is 8.67. The minimum Gasteiger partial charge on any atom is -0.271 e. The molecule has 3 rings (SSSR count). The van der Waals surface area contributed by atoms with Crippen molar-refractivity contribution in [1.29, 1.82) is 0 Å². The Bertz CT molecular complexity index is 426. The van der Waals surface area contributed by atoms with Crippen LogP contribution in [0.3, 0.4) is 0 Å². The first-order valence-electron chi connectivity index (χ1n) is 6.90. The van der Waals surface area contributed by atoms with E-state index in [0.717, 1.165) is 23.0 Å². The predicted octanol–water partition coefficient (Wildman–Crippen LogP) is 3.07. The fourth-order valence-corrected chi connectivity index (χ4v) is 4.11. The summed E-state index contributed by atoms with van der Waals surface area (Å²) in [5, 5.41) is 0. The standard InChI is InChI=1S/C15H21FN2/c1-9-4-12(8-13(16)5-9)15(18-17)14-7-10-2-3-11(14)6-10/h4-5,8,10-11,14-15,18H,2-3,6-7,17H2,1H3. The molecule has 0 aliphatic heterocycles. The molecule has 0 heterocycles. The van der Waals surface area contributed by atoms with Crippen molar-refractivity contribution in [2.24, 2.45) is 23.6 Å². The summed E-state index contributed by atoms with van der Waals surface area (Å²) in [6.07, 6.45) is 5.29. The highest BCUT2D eigenvalue weighted by Gasteiger charge is 2.43. The Morgan fingerprint density at radius 2 is 2.11 bits per heavy atom. The molecule has 4 unspecified atom stereocenters. The maximum Gasteiger partial charge on any atom is 0.123 e. The third-order valence-corrected chi connectivity index (χ3v) is 4.82. The van der Waals surface area contributed by atoms with Gasteiger partial charge in [-0.25, -0.2) is 4.39 Å². The molecule has 3 heteroatoms. The molecule has 0 radical (unpaired) electrons. The molecule has 2 saturated carbocycles. The molecule has 0 amide bonds. The number of rotatable bonds is 3. The van der Waals surface area contributed by atoms with Crippen LogP contribution in [0.15, 0.2) is 18.2 Å². The highest BCUT2D eigenvalue weighted by molar-refractivity contribution is 5.27. The minimum absolute atomic E-state index is 0.106. The third kappa shape index (κ3) is 2.06. The maximum absolute atomic E-state index is 13.5. The molecule has 2 bridgehead atoms. The Balaban J connectivity index is 1.87. The van der Waals surface area contributed by atoms with Gasteiger partial charge in [0, 0.05) is 6.04 Å². The molecule has 2 aliphatic carbocycles. The number of hydrogen-bond donors (Lipinski definition) is 2. The Hall–Kier alpha value is -0.930. The summed E-state index contributed by atoms with van der Waals surface area (Å²) < 4.78 is 13.5. The van der Waals surface area contributed by atoms with E-state index in [1.54, 1.807) is 12.1 Å². The van der Waals surface area contributed by atoms with Gasteiger partial charge < -0.3 is 0 Å². The second-order valence-corrected chi connectivity index (χ2v) is 6.04. The zero-order valence-electron chi connectivity index (χ0n) is 10.8. The Morgan fingerprint density at radius 1 is 1.28 bits per heavy atom. The molecule has 18 heavy (non-hydrogen) atoms.